The van der Waals surface area contributed by atoms with Crippen molar-refractivity contribution in [1.82, 2.24) is 29.7 Å². The number of ether oxygens (including phenoxy) is 1. The van der Waals surface area contributed by atoms with E-state index in [1.807, 2.05) is 17.9 Å². The van der Waals surface area contributed by atoms with Gasteiger partial charge in [0.1, 0.15) is 0 Å². The number of carbonyl (C=O) groups excluding carboxylic acids is 1. The van der Waals surface area contributed by atoms with Gasteiger partial charge in [0, 0.05) is 39.6 Å². The van der Waals surface area contributed by atoms with Crippen molar-refractivity contribution in [3.05, 3.63) is 29.8 Å². The van der Waals surface area contributed by atoms with Crippen LogP contribution in [-0.2, 0) is 17.3 Å². The van der Waals surface area contributed by atoms with E-state index in [2.05, 4.69) is 36.2 Å². The normalized spacial score (nSPS) is 21.5. The zero-order valence-corrected chi connectivity index (χ0v) is 14.8. The molecule has 3 rings (SSSR count). The van der Waals surface area contributed by atoms with E-state index >= 15 is 0 Å². The number of aromatic nitrogens is 5. The first-order valence-electron chi connectivity index (χ1n) is 8.03. The second kappa shape index (κ2) is 6.01. The molecule has 0 aromatic carbocycles. The average Bonchev–Trinajstić information content (AvgIpc) is 3.24. The van der Waals surface area contributed by atoms with Gasteiger partial charge in [0.05, 0.1) is 35.0 Å². The molecule has 2 atom stereocenters. The molecule has 1 aliphatic rings. The number of methoxy groups -OCH3 is 1. The van der Waals surface area contributed by atoms with Crippen LogP contribution in [-0.4, -0.2) is 61.9 Å². The number of nitrogens with zero attached hydrogens (tertiary/aromatic N) is 6. The molecular weight excluding hydrogens is 308 g/mol. The molecule has 0 radical (unpaired) electrons. The van der Waals surface area contributed by atoms with E-state index in [-0.39, 0.29) is 23.5 Å². The summed E-state index contributed by atoms with van der Waals surface area (Å²) in [6, 6.07) is 0. The van der Waals surface area contributed by atoms with Crippen molar-refractivity contribution in [2.45, 2.75) is 38.3 Å². The van der Waals surface area contributed by atoms with Crippen LogP contribution in [0.2, 0.25) is 0 Å². The predicted molar refractivity (Wildman–Crippen MR) is 87.7 cm³/mol. The Balaban J connectivity index is 1.78. The van der Waals surface area contributed by atoms with Crippen molar-refractivity contribution < 1.29 is 9.53 Å². The Hall–Kier alpha value is -2.22. The van der Waals surface area contributed by atoms with Crippen molar-refractivity contribution in [3.8, 4) is 0 Å². The minimum absolute atomic E-state index is 0.0288. The van der Waals surface area contributed by atoms with Crippen molar-refractivity contribution in [3.63, 3.8) is 0 Å². The first-order valence-corrected chi connectivity index (χ1v) is 8.03. The van der Waals surface area contributed by atoms with Gasteiger partial charge in [0.15, 0.2) is 0 Å². The Morgan fingerprint density at radius 3 is 2.58 bits per heavy atom. The quantitative estimate of drug-likeness (QED) is 0.838. The molecular formula is C16H24N6O2. The van der Waals surface area contributed by atoms with Crippen LogP contribution >= 0.6 is 0 Å². The molecule has 8 heteroatoms. The molecule has 130 valence electrons. The first kappa shape index (κ1) is 16.6. The summed E-state index contributed by atoms with van der Waals surface area (Å²) in [4.78, 5) is 14.6. The summed E-state index contributed by atoms with van der Waals surface area (Å²) in [6.07, 6.45) is 5.23. The summed E-state index contributed by atoms with van der Waals surface area (Å²) in [6.45, 7) is 7.26. The highest BCUT2D eigenvalue weighted by molar-refractivity contribution is 5.94. The third-order valence-corrected chi connectivity index (χ3v) is 4.37. The second-order valence-corrected chi connectivity index (χ2v) is 7.25. The Morgan fingerprint density at radius 2 is 2.04 bits per heavy atom. The highest BCUT2D eigenvalue weighted by Gasteiger charge is 2.38. The maximum atomic E-state index is 12.8. The van der Waals surface area contributed by atoms with Crippen LogP contribution in [0.25, 0.3) is 0 Å². The zero-order valence-electron chi connectivity index (χ0n) is 14.8. The van der Waals surface area contributed by atoms with E-state index in [0.29, 0.717) is 18.7 Å². The van der Waals surface area contributed by atoms with Gasteiger partial charge in [-0.3, -0.25) is 14.2 Å². The molecule has 1 fully saturated rings. The Kier molecular flexibility index (Phi) is 4.16. The Bertz CT molecular complexity index is 729. The van der Waals surface area contributed by atoms with Gasteiger partial charge in [0.25, 0.3) is 5.91 Å². The molecule has 1 saturated heterocycles. The van der Waals surface area contributed by atoms with Gasteiger partial charge in [-0.25, -0.2) is 0 Å². The maximum Gasteiger partial charge on any atom is 0.257 e. The highest BCUT2D eigenvalue weighted by Crippen LogP contribution is 2.29. The molecule has 2 aromatic rings. The van der Waals surface area contributed by atoms with E-state index in [0.717, 1.165) is 5.69 Å². The van der Waals surface area contributed by atoms with E-state index in [1.54, 1.807) is 29.1 Å². The lowest BCUT2D eigenvalue weighted by atomic mass is 10.0. The number of likely N-dealkylation sites (tertiary alicyclic amines) is 1. The Labute approximate surface area is 141 Å². The average molecular weight is 332 g/mol. The molecule has 1 amide bonds. The lowest BCUT2D eigenvalue weighted by Crippen LogP contribution is -2.30. The van der Waals surface area contributed by atoms with Gasteiger partial charge in [-0.15, -0.1) is 5.10 Å². The molecule has 0 aliphatic carbocycles. The molecule has 24 heavy (non-hydrogen) atoms. The fourth-order valence-corrected chi connectivity index (χ4v) is 2.98. The van der Waals surface area contributed by atoms with Crippen molar-refractivity contribution in [1.29, 1.82) is 0 Å². The number of amides is 1. The highest BCUT2D eigenvalue weighted by atomic mass is 16.5. The summed E-state index contributed by atoms with van der Waals surface area (Å²) in [5.74, 6) is 0.00394. The zero-order chi connectivity index (χ0) is 17.5. The monoisotopic (exact) mass is 332 g/mol. The number of rotatable bonds is 3. The lowest BCUT2D eigenvalue weighted by molar-refractivity contribution is 0.0714. The molecule has 8 nitrogen and oxygen atoms in total. The smallest absolute Gasteiger partial charge is 0.257 e. The predicted octanol–water partition coefficient (Wildman–Crippen LogP) is 1.02. The van der Waals surface area contributed by atoms with Gasteiger partial charge in [0.2, 0.25) is 0 Å². The van der Waals surface area contributed by atoms with Crippen LogP contribution in [0.1, 0.15) is 42.7 Å². The van der Waals surface area contributed by atoms with Crippen LogP contribution in [0.4, 0.5) is 0 Å². The fourth-order valence-electron chi connectivity index (χ4n) is 2.98. The summed E-state index contributed by atoms with van der Waals surface area (Å²) in [7, 11) is 3.50. The third kappa shape index (κ3) is 3.06. The van der Waals surface area contributed by atoms with Gasteiger partial charge in [-0.2, -0.15) is 5.10 Å². The summed E-state index contributed by atoms with van der Waals surface area (Å²) >= 11 is 0. The van der Waals surface area contributed by atoms with Crippen LogP contribution in [0.3, 0.4) is 0 Å². The van der Waals surface area contributed by atoms with Crippen molar-refractivity contribution in [2.24, 2.45) is 7.05 Å². The topological polar surface area (TPSA) is 78.1 Å². The first-order chi connectivity index (χ1) is 11.3. The van der Waals surface area contributed by atoms with E-state index in [4.69, 9.17) is 4.74 Å². The standard InChI is InChI=1S/C16H24N6O2/c1-16(2,3)22-7-11(6-17-22)15(23)21-8-12(14(10-21)24-5)13-9-20(4)19-18-13/h6-7,9,12,14H,8,10H2,1-5H3/t12-,14+/m0/s1. The van der Waals surface area contributed by atoms with Crippen LogP contribution < -0.4 is 0 Å². The van der Waals surface area contributed by atoms with Crippen molar-refractivity contribution in [2.75, 3.05) is 20.2 Å². The third-order valence-electron chi connectivity index (χ3n) is 4.37. The second-order valence-electron chi connectivity index (χ2n) is 7.25. The number of carbonyl (C=O) groups is 1. The van der Waals surface area contributed by atoms with Crippen LogP contribution in [0.15, 0.2) is 18.6 Å². The minimum Gasteiger partial charge on any atom is -0.379 e. The van der Waals surface area contributed by atoms with E-state index < -0.39 is 0 Å². The molecule has 2 aromatic heterocycles. The minimum atomic E-state index is -0.152. The summed E-state index contributed by atoms with van der Waals surface area (Å²) < 4.78 is 9.05. The number of hydrogen-bond acceptors (Lipinski definition) is 5. The van der Waals surface area contributed by atoms with Gasteiger partial charge in [-0.1, -0.05) is 5.21 Å². The molecule has 0 bridgehead atoms. The van der Waals surface area contributed by atoms with Crippen LogP contribution in [0.5, 0.6) is 0 Å². The SMILES string of the molecule is CO[C@@H]1CN(C(=O)c2cnn(C(C)(C)C)c2)C[C@H]1c1cn(C)nn1. The van der Waals surface area contributed by atoms with E-state index in [1.165, 1.54) is 0 Å². The van der Waals surface area contributed by atoms with Crippen LogP contribution in [0, 0.1) is 0 Å². The lowest BCUT2D eigenvalue weighted by Gasteiger charge is -2.19. The Morgan fingerprint density at radius 1 is 1.29 bits per heavy atom. The molecule has 0 saturated carbocycles. The molecule has 0 N–H and O–H groups in total. The molecule has 1 aliphatic heterocycles. The largest absolute Gasteiger partial charge is 0.379 e. The molecule has 0 spiro atoms. The van der Waals surface area contributed by atoms with Crippen molar-refractivity contribution >= 4 is 5.91 Å². The number of hydrogen-bond donors (Lipinski definition) is 0. The summed E-state index contributed by atoms with van der Waals surface area (Å²) in [5.41, 5.74) is 1.30. The maximum absolute atomic E-state index is 12.8. The van der Waals surface area contributed by atoms with Gasteiger partial charge in [-0.05, 0) is 20.8 Å². The summed E-state index contributed by atoms with van der Waals surface area (Å²) in [5, 5.41) is 12.5. The number of aryl methyl sites for hydroxylation is 1. The van der Waals surface area contributed by atoms with Gasteiger partial charge < -0.3 is 9.64 Å². The van der Waals surface area contributed by atoms with E-state index in [9.17, 15) is 4.79 Å². The molecule has 0 unspecified atom stereocenters. The molecule has 3 heterocycles. The van der Waals surface area contributed by atoms with Gasteiger partial charge >= 0.3 is 0 Å². The fraction of sp³-hybridized carbons (Fsp3) is 0.625.